The Bertz CT molecular complexity index is 336. The largest absolute Gasteiger partial charge is 0.785 e. The van der Waals surface area contributed by atoms with E-state index < -0.39 is 0 Å². The van der Waals surface area contributed by atoms with Crippen molar-refractivity contribution < 1.29 is 4.74 Å². The van der Waals surface area contributed by atoms with Gasteiger partial charge in [-0.25, -0.2) is 0 Å². The Morgan fingerprint density at radius 2 is 2.00 bits per heavy atom. The Morgan fingerprint density at radius 3 is 2.56 bits per heavy atom. The lowest BCUT2D eigenvalue weighted by Gasteiger charge is -2.42. The molecule has 16 heavy (non-hydrogen) atoms. The summed E-state index contributed by atoms with van der Waals surface area (Å²) < 4.78 is 5.14. The molecule has 1 heterocycles. The molecule has 3 heteroatoms. The van der Waals surface area contributed by atoms with Crippen LogP contribution in [0.15, 0.2) is 24.3 Å². The van der Waals surface area contributed by atoms with Crippen molar-refractivity contribution in [1.82, 2.24) is 5.06 Å². The zero-order chi connectivity index (χ0) is 11.5. The van der Waals surface area contributed by atoms with E-state index in [2.05, 4.69) is 12.1 Å². The second kappa shape index (κ2) is 4.85. The number of hydroxylamine groups is 2. The standard InChI is InChI=1S/C13H18NO2/c1-10-9-12(7-8-14(10)15)11-3-5-13(16-2)6-4-11/h3-6,10,12H,7-9H2,1-2H3/q-1. The summed E-state index contributed by atoms with van der Waals surface area (Å²) >= 11 is 0. The minimum Gasteiger partial charge on any atom is -0.785 e. The maximum atomic E-state index is 11.4. The Hall–Kier alpha value is -1.06. The van der Waals surface area contributed by atoms with E-state index in [1.54, 1.807) is 7.11 Å². The van der Waals surface area contributed by atoms with E-state index in [4.69, 9.17) is 4.74 Å². The first-order chi connectivity index (χ1) is 7.70. The van der Waals surface area contributed by atoms with E-state index in [0.29, 0.717) is 12.5 Å². The highest BCUT2D eigenvalue weighted by Crippen LogP contribution is 2.31. The maximum absolute atomic E-state index is 11.4. The number of benzene rings is 1. The van der Waals surface area contributed by atoms with Crippen molar-refractivity contribution in [1.29, 1.82) is 0 Å². The van der Waals surface area contributed by atoms with Crippen LogP contribution in [0.5, 0.6) is 5.75 Å². The van der Waals surface area contributed by atoms with Gasteiger partial charge in [0.25, 0.3) is 0 Å². The van der Waals surface area contributed by atoms with Gasteiger partial charge in [0.1, 0.15) is 5.75 Å². The average molecular weight is 220 g/mol. The number of hydrogen-bond donors (Lipinski definition) is 0. The highest BCUT2D eigenvalue weighted by molar-refractivity contribution is 5.29. The third kappa shape index (κ3) is 2.36. The summed E-state index contributed by atoms with van der Waals surface area (Å²) in [5.41, 5.74) is 1.32. The topological polar surface area (TPSA) is 35.5 Å². The van der Waals surface area contributed by atoms with E-state index in [0.717, 1.165) is 18.6 Å². The zero-order valence-corrected chi connectivity index (χ0v) is 9.85. The lowest BCUT2D eigenvalue weighted by Crippen LogP contribution is -2.35. The fraction of sp³-hybridized carbons (Fsp3) is 0.538. The Balaban J connectivity index is 2.06. The molecule has 0 amide bonds. The molecule has 2 unspecified atom stereocenters. The van der Waals surface area contributed by atoms with Gasteiger partial charge in [-0.3, -0.25) is 0 Å². The van der Waals surface area contributed by atoms with Crippen molar-refractivity contribution in [3.63, 3.8) is 0 Å². The minimum absolute atomic E-state index is 0.140. The van der Waals surface area contributed by atoms with Gasteiger partial charge in [-0.05, 0) is 49.0 Å². The number of nitrogens with zero attached hydrogens (tertiary/aromatic N) is 1. The van der Waals surface area contributed by atoms with E-state index >= 15 is 0 Å². The predicted molar refractivity (Wildman–Crippen MR) is 64.5 cm³/mol. The fourth-order valence-corrected chi connectivity index (χ4v) is 2.33. The smallest absolute Gasteiger partial charge is 0.118 e. The monoisotopic (exact) mass is 220 g/mol. The fourth-order valence-electron chi connectivity index (χ4n) is 2.33. The van der Waals surface area contributed by atoms with Crippen LogP contribution < -0.4 is 4.74 Å². The summed E-state index contributed by atoms with van der Waals surface area (Å²) in [7, 11) is 1.67. The van der Waals surface area contributed by atoms with Gasteiger partial charge in [-0.15, -0.1) is 0 Å². The van der Waals surface area contributed by atoms with E-state index in [9.17, 15) is 5.21 Å². The van der Waals surface area contributed by atoms with Crippen molar-refractivity contribution in [2.75, 3.05) is 13.7 Å². The van der Waals surface area contributed by atoms with Gasteiger partial charge in [-0.2, -0.15) is 0 Å². The summed E-state index contributed by atoms with van der Waals surface area (Å²) in [6.45, 7) is 2.65. The molecule has 1 aromatic rings. The first kappa shape index (κ1) is 11.4. The molecule has 1 aliphatic rings. The number of ether oxygens (including phenoxy) is 1. The Morgan fingerprint density at radius 1 is 1.31 bits per heavy atom. The molecule has 0 aliphatic carbocycles. The molecule has 1 fully saturated rings. The van der Waals surface area contributed by atoms with Crippen molar-refractivity contribution in [2.24, 2.45) is 0 Å². The molecule has 0 aromatic heterocycles. The van der Waals surface area contributed by atoms with Crippen LogP contribution in [0.25, 0.3) is 0 Å². The van der Waals surface area contributed by atoms with Crippen LogP contribution in [0.1, 0.15) is 31.2 Å². The summed E-state index contributed by atoms with van der Waals surface area (Å²) in [4.78, 5) is 0. The minimum atomic E-state index is 0.140. The SMILES string of the molecule is COc1ccc(C2CCN([O-])C(C)C2)cc1. The van der Waals surface area contributed by atoms with Crippen LogP contribution in [0.2, 0.25) is 0 Å². The number of hydrogen-bond acceptors (Lipinski definition) is 3. The van der Waals surface area contributed by atoms with Crippen LogP contribution in [0.3, 0.4) is 0 Å². The summed E-state index contributed by atoms with van der Waals surface area (Å²) in [5.74, 6) is 1.41. The third-order valence-electron chi connectivity index (χ3n) is 3.40. The lowest BCUT2D eigenvalue weighted by atomic mass is 9.87. The second-order valence-corrected chi connectivity index (χ2v) is 4.48. The molecular weight excluding hydrogens is 202 g/mol. The lowest BCUT2D eigenvalue weighted by molar-refractivity contribution is 0.209. The van der Waals surface area contributed by atoms with Crippen molar-refractivity contribution in [3.8, 4) is 5.75 Å². The summed E-state index contributed by atoms with van der Waals surface area (Å²) in [6.07, 6.45) is 1.91. The molecule has 1 saturated heterocycles. The van der Waals surface area contributed by atoms with E-state index in [1.165, 1.54) is 10.6 Å². The van der Waals surface area contributed by atoms with Crippen LogP contribution >= 0.6 is 0 Å². The number of methoxy groups -OCH3 is 1. The number of piperidine rings is 1. The highest BCUT2D eigenvalue weighted by Gasteiger charge is 2.21. The molecule has 2 atom stereocenters. The molecule has 0 spiro atoms. The first-order valence-corrected chi connectivity index (χ1v) is 5.78. The molecule has 3 nitrogen and oxygen atoms in total. The molecule has 0 radical (unpaired) electrons. The maximum Gasteiger partial charge on any atom is 0.118 e. The molecule has 88 valence electrons. The molecule has 1 aromatic carbocycles. The van der Waals surface area contributed by atoms with Gasteiger partial charge in [0.2, 0.25) is 0 Å². The average Bonchev–Trinajstić information content (AvgIpc) is 2.33. The molecular formula is C13H18NO2-. The van der Waals surface area contributed by atoms with Crippen LogP contribution in [-0.4, -0.2) is 24.8 Å². The van der Waals surface area contributed by atoms with Crippen molar-refractivity contribution in [3.05, 3.63) is 35.0 Å². The summed E-state index contributed by atoms with van der Waals surface area (Å²) in [5, 5.41) is 12.6. The Labute approximate surface area is 96.6 Å². The number of rotatable bonds is 2. The molecule has 0 N–H and O–H groups in total. The summed E-state index contributed by atoms with van der Waals surface area (Å²) in [6, 6.07) is 8.33. The van der Waals surface area contributed by atoms with Gasteiger partial charge in [0.05, 0.1) is 7.11 Å². The third-order valence-corrected chi connectivity index (χ3v) is 3.40. The van der Waals surface area contributed by atoms with Gasteiger partial charge in [0.15, 0.2) is 0 Å². The highest BCUT2D eigenvalue weighted by atomic mass is 16.5. The van der Waals surface area contributed by atoms with E-state index in [-0.39, 0.29) is 6.04 Å². The first-order valence-electron chi connectivity index (χ1n) is 5.78. The second-order valence-electron chi connectivity index (χ2n) is 4.48. The Kier molecular flexibility index (Phi) is 3.46. The van der Waals surface area contributed by atoms with Gasteiger partial charge < -0.3 is 15.0 Å². The predicted octanol–water partition coefficient (Wildman–Crippen LogP) is 2.76. The molecule has 0 bridgehead atoms. The zero-order valence-electron chi connectivity index (χ0n) is 9.85. The quantitative estimate of drug-likeness (QED) is 0.768. The van der Waals surface area contributed by atoms with Crippen LogP contribution in [0, 0.1) is 5.21 Å². The van der Waals surface area contributed by atoms with Gasteiger partial charge >= 0.3 is 0 Å². The molecule has 1 aliphatic heterocycles. The normalized spacial score (nSPS) is 26.7. The van der Waals surface area contributed by atoms with E-state index in [1.807, 2.05) is 19.1 Å². The van der Waals surface area contributed by atoms with Crippen LogP contribution in [0.4, 0.5) is 0 Å². The van der Waals surface area contributed by atoms with Crippen LogP contribution in [-0.2, 0) is 0 Å². The van der Waals surface area contributed by atoms with Crippen molar-refractivity contribution in [2.45, 2.75) is 31.7 Å². The van der Waals surface area contributed by atoms with Gasteiger partial charge in [0, 0.05) is 0 Å². The molecule has 0 saturated carbocycles. The van der Waals surface area contributed by atoms with Gasteiger partial charge in [-0.1, -0.05) is 19.1 Å². The molecule has 2 rings (SSSR count). The van der Waals surface area contributed by atoms with Crippen molar-refractivity contribution >= 4 is 0 Å².